The lowest BCUT2D eigenvalue weighted by atomic mass is 10.1. The molecule has 0 fully saturated rings. The monoisotopic (exact) mass is 255 g/mol. The lowest BCUT2D eigenvalue weighted by molar-refractivity contribution is 0.211. The fourth-order valence-electron chi connectivity index (χ4n) is 1.93. The zero-order valence-electron chi connectivity index (χ0n) is 10.4. The molecular weight excluding hydrogens is 242 g/mol. The van der Waals surface area contributed by atoms with Crippen molar-refractivity contribution >= 4 is 11.2 Å². The molecule has 3 rings (SSSR count). The number of imidazole rings is 1. The summed E-state index contributed by atoms with van der Waals surface area (Å²) in [6, 6.07) is 12.9. The van der Waals surface area contributed by atoms with E-state index in [1.165, 1.54) is 0 Å². The summed E-state index contributed by atoms with van der Waals surface area (Å²) in [5.41, 5.74) is 2.09. The molecule has 0 bridgehead atoms. The van der Waals surface area contributed by atoms with E-state index in [1.807, 2.05) is 36.4 Å². The Morgan fingerprint density at radius 3 is 2.63 bits per heavy atom. The van der Waals surface area contributed by atoms with Gasteiger partial charge in [-0.25, -0.2) is 4.98 Å². The van der Waals surface area contributed by atoms with Crippen LogP contribution in [0.3, 0.4) is 0 Å². The Morgan fingerprint density at radius 1 is 1.11 bits per heavy atom. The summed E-state index contributed by atoms with van der Waals surface area (Å²) < 4.78 is 5.05. The number of pyridine rings is 1. The van der Waals surface area contributed by atoms with Gasteiger partial charge in [0.1, 0.15) is 11.9 Å². The maximum absolute atomic E-state index is 10.3. The van der Waals surface area contributed by atoms with Gasteiger partial charge in [-0.1, -0.05) is 30.3 Å². The Balaban J connectivity index is 2.01. The SMILES string of the molecule is COc1ccc2[nH]c(C(O)c3ccccc3)nc2n1. The van der Waals surface area contributed by atoms with E-state index in [2.05, 4.69) is 15.0 Å². The fourth-order valence-corrected chi connectivity index (χ4v) is 1.93. The van der Waals surface area contributed by atoms with Gasteiger partial charge >= 0.3 is 0 Å². The van der Waals surface area contributed by atoms with Gasteiger partial charge in [-0.15, -0.1) is 0 Å². The number of nitrogens with zero attached hydrogens (tertiary/aromatic N) is 2. The Labute approximate surface area is 109 Å². The van der Waals surface area contributed by atoms with Crippen LogP contribution < -0.4 is 4.74 Å². The van der Waals surface area contributed by atoms with Crippen LogP contribution in [-0.2, 0) is 0 Å². The Bertz CT molecular complexity index is 694. The van der Waals surface area contributed by atoms with Gasteiger partial charge in [0.05, 0.1) is 12.6 Å². The van der Waals surface area contributed by atoms with E-state index < -0.39 is 6.10 Å². The topological polar surface area (TPSA) is 71.0 Å². The molecule has 0 aliphatic heterocycles. The number of fused-ring (bicyclic) bond motifs is 1. The molecule has 0 aliphatic rings. The third kappa shape index (κ3) is 2.15. The van der Waals surface area contributed by atoms with Crippen molar-refractivity contribution in [2.24, 2.45) is 0 Å². The van der Waals surface area contributed by atoms with Crippen molar-refractivity contribution in [2.45, 2.75) is 6.10 Å². The summed E-state index contributed by atoms with van der Waals surface area (Å²) in [5, 5.41) is 10.3. The van der Waals surface area contributed by atoms with Crippen LogP contribution in [0.4, 0.5) is 0 Å². The predicted molar refractivity (Wildman–Crippen MR) is 70.9 cm³/mol. The molecule has 2 N–H and O–H groups in total. The molecule has 19 heavy (non-hydrogen) atoms. The number of rotatable bonds is 3. The van der Waals surface area contributed by atoms with E-state index in [-0.39, 0.29) is 0 Å². The quantitative estimate of drug-likeness (QED) is 0.751. The van der Waals surface area contributed by atoms with Gasteiger partial charge in [-0.05, 0) is 11.6 Å². The molecule has 3 aromatic rings. The minimum absolute atomic E-state index is 0.474. The molecule has 1 atom stereocenters. The van der Waals surface area contributed by atoms with Gasteiger partial charge in [-0.2, -0.15) is 4.98 Å². The number of benzene rings is 1. The smallest absolute Gasteiger partial charge is 0.215 e. The van der Waals surface area contributed by atoms with Crippen LogP contribution in [0.1, 0.15) is 17.5 Å². The summed E-state index contributed by atoms with van der Waals surface area (Å²) in [6.45, 7) is 0. The minimum Gasteiger partial charge on any atom is -0.481 e. The van der Waals surface area contributed by atoms with Gasteiger partial charge in [0.15, 0.2) is 5.65 Å². The number of aliphatic hydroxyl groups is 1. The first-order valence-electron chi connectivity index (χ1n) is 5.91. The zero-order chi connectivity index (χ0) is 13.2. The lowest BCUT2D eigenvalue weighted by Gasteiger charge is -2.06. The molecule has 0 spiro atoms. The normalized spacial score (nSPS) is 12.5. The molecule has 0 saturated heterocycles. The number of aromatic amines is 1. The van der Waals surface area contributed by atoms with Crippen LogP contribution in [0.25, 0.3) is 11.2 Å². The van der Waals surface area contributed by atoms with Crippen LogP contribution in [0, 0.1) is 0 Å². The second-order valence-electron chi connectivity index (χ2n) is 4.16. The van der Waals surface area contributed by atoms with E-state index in [1.54, 1.807) is 13.2 Å². The van der Waals surface area contributed by atoms with Crippen molar-refractivity contribution in [1.29, 1.82) is 0 Å². The number of aliphatic hydroxyl groups excluding tert-OH is 1. The van der Waals surface area contributed by atoms with E-state index in [0.29, 0.717) is 17.4 Å². The molecule has 1 unspecified atom stereocenters. The first kappa shape index (κ1) is 11.7. The van der Waals surface area contributed by atoms with Crippen LogP contribution in [-0.4, -0.2) is 27.2 Å². The first-order valence-corrected chi connectivity index (χ1v) is 5.91. The molecule has 2 heterocycles. The first-order chi connectivity index (χ1) is 9.28. The molecule has 0 aliphatic carbocycles. The van der Waals surface area contributed by atoms with E-state index in [0.717, 1.165) is 11.1 Å². The van der Waals surface area contributed by atoms with Gasteiger partial charge in [0.2, 0.25) is 5.88 Å². The van der Waals surface area contributed by atoms with Gasteiger partial charge in [0, 0.05) is 6.07 Å². The summed E-state index contributed by atoms with van der Waals surface area (Å²) >= 11 is 0. The zero-order valence-corrected chi connectivity index (χ0v) is 10.4. The molecule has 5 heteroatoms. The number of hydrogen-bond donors (Lipinski definition) is 2. The van der Waals surface area contributed by atoms with Gasteiger partial charge in [0.25, 0.3) is 0 Å². The van der Waals surface area contributed by atoms with Crippen molar-refractivity contribution in [3.63, 3.8) is 0 Å². The van der Waals surface area contributed by atoms with Gasteiger partial charge in [-0.3, -0.25) is 0 Å². The number of methoxy groups -OCH3 is 1. The summed E-state index contributed by atoms with van der Waals surface area (Å²) in [5.74, 6) is 0.974. The van der Waals surface area contributed by atoms with E-state index in [9.17, 15) is 5.11 Å². The highest BCUT2D eigenvalue weighted by molar-refractivity contribution is 5.71. The van der Waals surface area contributed by atoms with Crippen molar-refractivity contribution in [3.05, 3.63) is 53.9 Å². The molecule has 0 amide bonds. The Morgan fingerprint density at radius 2 is 1.89 bits per heavy atom. The number of H-pyrrole nitrogens is 1. The molecule has 5 nitrogen and oxygen atoms in total. The molecular formula is C14H13N3O2. The van der Waals surface area contributed by atoms with Crippen molar-refractivity contribution in [1.82, 2.24) is 15.0 Å². The maximum Gasteiger partial charge on any atom is 0.215 e. The van der Waals surface area contributed by atoms with Crippen LogP contribution in [0.15, 0.2) is 42.5 Å². The lowest BCUT2D eigenvalue weighted by Crippen LogP contribution is -2.01. The van der Waals surface area contributed by atoms with Crippen molar-refractivity contribution in [3.8, 4) is 5.88 Å². The minimum atomic E-state index is -0.790. The van der Waals surface area contributed by atoms with Crippen molar-refractivity contribution in [2.75, 3.05) is 7.11 Å². The standard InChI is InChI=1S/C14H13N3O2/c1-19-11-8-7-10-13(16-11)17-14(15-10)12(18)9-5-3-2-4-6-9/h2-8,12,18H,1H3,(H,15,16,17). The molecule has 1 aromatic carbocycles. The summed E-state index contributed by atoms with van der Waals surface area (Å²) in [7, 11) is 1.56. The van der Waals surface area contributed by atoms with E-state index >= 15 is 0 Å². The highest BCUT2D eigenvalue weighted by Crippen LogP contribution is 2.22. The van der Waals surface area contributed by atoms with Gasteiger partial charge < -0.3 is 14.8 Å². The highest BCUT2D eigenvalue weighted by atomic mass is 16.5. The molecule has 2 aromatic heterocycles. The number of ether oxygens (including phenoxy) is 1. The molecule has 0 saturated carbocycles. The Hall–Kier alpha value is -2.40. The highest BCUT2D eigenvalue weighted by Gasteiger charge is 2.15. The number of hydrogen-bond acceptors (Lipinski definition) is 4. The van der Waals surface area contributed by atoms with Crippen LogP contribution >= 0.6 is 0 Å². The third-order valence-electron chi connectivity index (χ3n) is 2.92. The van der Waals surface area contributed by atoms with Crippen LogP contribution in [0.2, 0.25) is 0 Å². The second-order valence-corrected chi connectivity index (χ2v) is 4.16. The average Bonchev–Trinajstić information content (AvgIpc) is 2.90. The second kappa shape index (κ2) is 4.70. The fraction of sp³-hybridized carbons (Fsp3) is 0.143. The summed E-state index contributed by atoms with van der Waals surface area (Å²) in [6.07, 6.45) is -0.790. The molecule has 96 valence electrons. The third-order valence-corrected chi connectivity index (χ3v) is 2.92. The molecule has 0 radical (unpaired) electrons. The Kier molecular flexibility index (Phi) is 2.89. The predicted octanol–water partition coefficient (Wildman–Crippen LogP) is 2.05. The van der Waals surface area contributed by atoms with E-state index in [4.69, 9.17) is 4.74 Å². The maximum atomic E-state index is 10.3. The number of nitrogens with one attached hydrogen (secondary N) is 1. The number of aromatic nitrogens is 3. The summed E-state index contributed by atoms with van der Waals surface area (Å²) in [4.78, 5) is 11.6. The largest absolute Gasteiger partial charge is 0.481 e. The average molecular weight is 255 g/mol. The van der Waals surface area contributed by atoms with Crippen molar-refractivity contribution < 1.29 is 9.84 Å². The van der Waals surface area contributed by atoms with Crippen LogP contribution in [0.5, 0.6) is 5.88 Å².